The fraction of sp³-hybridized carbons (Fsp3) is 0.636. The van der Waals surface area contributed by atoms with Crippen LogP contribution in [0.1, 0.15) is 31.2 Å². The third-order valence-electron chi connectivity index (χ3n) is 2.69. The van der Waals surface area contributed by atoms with Crippen LogP contribution >= 0.6 is 0 Å². The highest BCUT2D eigenvalue weighted by atomic mass is 16.4. The van der Waals surface area contributed by atoms with Gasteiger partial charge in [-0.1, -0.05) is 0 Å². The van der Waals surface area contributed by atoms with E-state index in [1.54, 1.807) is 0 Å². The number of carboxylic acid groups (broad SMARTS) is 1. The van der Waals surface area contributed by atoms with Gasteiger partial charge >= 0.3 is 5.97 Å². The van der Waals surface area contributed by atoms with Crippen molar-refractivity contribution in [2.75, 3.05) is 5.32 Å². The molecule has 0 spiro atoms. The van der Waals surface area contributed by atoms with E-state index in [0.717, 1.165) is 17.1 Å². The van der Waals surface area contributed by atoms with Crippen LogP contribution < -0.4 is 5.32 Å². The van der Waals surface area contributed by atoms with Gasteiger partial charge in [-0.25, -0.2) is 0 Å². The normalized spacial score (nSPS) is 12.5. The second-order valence-corrected chi connectivity index (χ2v) is 4.15. The van der Waals surface area contributed by atoms with Gasteiger partial charge < -0.3 is 10.4 Å². The summed E-state index contributed by atoms with van der Waals surface area (Å²) in [6, 6.07) is 0.137. The molecule has 0 aliphatic carbocycles. The summed E-state index contributed by atoms with van der Waals surface area (Å²) in [6.07, 6.45) is 0.801. The topological polar surface area (TPSA) is 67.2 Å². The molecule has 0 radical (unpaired) electrons. The molecule has 1 aromatic heterocycles. The maximum Gasteiger partial charge on any atom is 0.303 e. The van der Waals surface area contributed by atoms with Gasteiger partial charge in [-0.05, 0) is 27.2 Å². The van der Waals surface area contributed by atoms with Gasteiger partial charge in [0.05, 0.1) is 17.1 Å². The fourth-order valence-electron chi connectivity index (χ4n) is 1.64. The molecule has 0 aromatic carbocycles. The predicted molar refractivity (Wildman–Crippen MR) is 62.6 cm³/mol. The van der Waals surface area contributed by atoms with Crippen LogP contribution in [0.2, 0.25) is 0 Å². The molecule has 0 fully saturated rings. The van der Waals surface area contributed by atoms with Crippen LogP contribution in [0.5, 0.6) is 0 Å². The molecule has 1 aromatic rings. The van der Waals surface area contributed by atoms with E-state index in [4.69, 9.17) is 5.11 Å². The van der Waals surface area contributed by atoms with E-state index in [0.29, 0.717) is 6.42 Å². The standard InChI is InChI=1S/C11H19N3O2/c1-7(5-6-10(15)16)12-11-8(2)13-14(4)9(11)3/h7,12H,5-6H2,1-4H3,(H,15,16). The molecule has 0 saturated carbocycles. The number of aromatic nitrogens is 2. The SMILES string of the molecule is Cc1nn(C)c(C)c1NC(C)CCC(=O)O. The number of carbonyl (C=O) groups is 1. The van der Waals surface area contributed by atoms with Gasteiger partial charge in [0.25, 0.3) is 0 Å². The summed E-state index contributed by atoms with van der Waals surface area (Å²) in [5, 5.41) is 16.2. The Labute approximate surface area is 95.5 Å². The Morgan fingerprint density at radius 3 is 2.62 bits per heavy atom. The number of hydrogen-bond acceptors (Lipinski definition) is 3. The van der Waals surface area contributed by atoms with Crippen molar-refractivity contribution in [3.05, 3.63) is 11.4 Å². The van der Waals surface area contributed by atoms with Crippen LogP contribution in [0.3, 0.4) is 0 Å². The lowest BCUT2D eigenvalue weighted by Gasteiger charge is -2.14. The summed E-state index contributed by atoms with van der Waals surface area (Å²) < 4.78 is 1.82. The molecule has 1 atom stereocenters. The summed E-state index contributed by atoms with van der Waals surface area (Å²) in [6.45, 7) is 5.92. The van der Waals surface area contributed by atoms with Gasteiger partial charge in [-0.15, -0.1) is 0 Å². The van der Waals surface area contributed by atoms with Crippen LogP contribution in [0.25, 0.3) is 0 Å². The zero-order chi connectivity index (χ0) is 12.3. The second kappa shape index (κ2) is 5.01. The minimum atomic E-state index is -0.756. The fourth-order valence-corrected chi connectivity index (χ4v) is 1.64. The van der Waals surface area contributed by atoms with Gasteiger partial charge in [0.2, 0.25) is 0 Å². The molecule has 2 N–H and O–H groups in total. The molecule has 0 saturated heterocycles. The van der Waals surface area contributed by atoms with Crippen molar-refractivity contribution in [3.8, 4) is 0 Å². The van der Waals surface area contributed by atoms with Crippen molar-refractivity contribution in [3.63, 3.8) is 0 Å². The lowest BCUT2D eigenvalue weighted by atomic mass is 10.1. The largest absolute Gasteiger partial charge is 0.481 e. The first kappa shape index (κ1) is 12.5. The summed E-state index contributed by atoms with van der Waals surface area (Å²) >= 11 is 0. The highest BCUT2D eigenvalue weighted by Crippen LogP contribution is 2.20. The van der Waals surface area contributed by atoms with Gasteiger partial charge in [0, 0.05) is 19.5 Å². The Morgan fingerprint density at radius 2 is 2.19 bits per heavy atom. The van der Waals surface area contributed by atoms with Crippen molar-refractivity contribution >= 4 is 11.7 Å². The third-order valence-corrected chi connectivity index (χ3v) is 2.69. The summed E-state index contributed by atoms with van der Waals surface area (Å²) in [7, 11) is 1.90. The molecule has 1 heterocycles. The van der Waals surface area contributed by atoms with E-state index in [1.807, 2.05) is 32.5 Å². The van der Waals surface area contributed by atoms with Crippen LogP contribution in [0.15, 0.2) is 0 Å². The molecule has 1 unspecified atom stereocenters. The van der Waals surface area contributed by atoms with Gasteiger partial charge in [-0.3, -0.25) is 9.48 Å². The minimum Gasteiger partial charge on any atom is -0.481 e. The lowest BCUT2D eigenvalue weighted by Crippen LogP contribution is -2.17. The van der Waals surface area contributed by atoms with E-state index in [2.05, 4.69) is 10.4 Å². The highest BCUT2D eigenvalue weighted by molar-refractivity contribution is 5.66. The number of nitrogens with zero attached hydrogens (tertiary/aromatic N) is 2. The molecule has 0 aliphatic heterocycles. The highest BCUT2D eigenvalue weighted by Gasteiger charge is 2.12. The maximum atomic E-state index is 10.4. The smallest absolute Gasteiger partial charge is 0.303 e. The molecule has 1 rings (SSSR count). The number of carboxylic acids is 1. The van der Waals surface area contributed by atoms with Crippen molar-refractivity contribution < 1.29 is 9.90 Å². The monoisotopic (exact) mass is 225 g/mol. The average molecular weight is 225 g/mol. The van der Waals surface area contributed by atoms with Crippen molar-refractivity contribution in [1.29, 1.82) is 0 Å². The quantitative estimate of drug-likeness (QED) is 0.800. The van der Waals surface area contributed by atoms with Crippen molar-refractivity contribution in [2.45, 2.75) is 39.7 Å². The number of nitrogens with one attached hydrogen (secondary N) is 1. The zero-order valence-electron chi connectivity index (χ0n) is 10.2. The van der Waals surface area contributed by atoms with E-state index >= 15 is 0 Å². The Kier molecular flexibility index (Phi) is 3.93. The zero-order valence-corrected chi connectivity index (χ0v) is 10.2. The number of anilines is 1. The van der Waals surface area contributed by atoms with Gasteiger partial charge in [0.15, 0.2) is 0 Å². The van der Waals surface area contributed by atoms with Crippen LogP contribution in [0, 0.1) is 13.8 Å². The molecule has 16 heavy (non-hydrogen) atoms. The molecular weight excluding hydrogens is 206 g/mol. The molecular formula is C11H19N3O2. The van der Waals surface area contributed by atoms with Gasteiger partial charge in [0.1, 0.15) is 0 Å². The molecule has 0 bridgehead atoms. The maximum absolute atomic E-state index is 10.4. The van der Waals surface area contributed by atoms with E-state index in [1.165, 1.54) is 0 Å². The Balaban J connectivity index is 2.62. The van der Waals surface area contributed by atoms with Crippen LogP contribution in [-0.2, 0) is 11.8 Å². The Bertz CT molecular complexity index is 385. The summed E-state index contributed by atoms with van der Waals surface area (Å²) in [4.78, 5) is 10.4. The third kappa shape index (κ3) is 2.98. The van der Waals surface area contributed by atoms with Crippen molar-refractivity contribution in [2.24, 2.45) is 7.05 Å². The van der Waals surface area contributed by atoms with Crippen molar-refractivity contribution in [1.82, 2.24) is 9.78 Å². The Morgan fingerprint density at radius 1 is 1.56 bits per heavy atom. The summed E-state index contributed by atoms with van der Waals surface area (Å²) in [5.74, 6) is -0.756. The first-order chi connectivity index (χ1) is 7.41. The minimum absolute atomic E-state index is 0.137. The molecule has 0 amide bonds. The molecule has 5 heteroatoms. The van der Waals surface area contributed by atoms with Crippen LogP contribution in [0.4, 0.5) is 5.69 Å². The molecule has 90 valence electrons. The molecule has 0 aliphatic rings. The predicted octanol–water partition coefficient (Wildman–Crippen LogP) is 1.70. The number of aliphatic carboxylic acids is 1. The van der Waals surface area contributed by atoms with Crippen LogP contribution in [-0.4, -0.2) is 26.9 Å². The first-order valence-electron chi connectivity index (χ1n) is 5.40. The second-order valence-electron chi connectivity index (χ2n) is 4.15. The van der Waals surface area contributed by atoms with E-state index in [9.17, 15) is 4.79 Å². The average Bonchev–Trinajstić information content (AvgIpc) is 2.42. The summed E-state index contributed by atoms with van der Waals surface area (Å²) in [5.41, 5.74) is 3.03. The molecule has 5 nitrogen and oxygen atoms in total. The number of rotatable bonds is 5. The lowest BCUT2D eigenvalue weighted by molar-refractivity contribution is -0.137. The first-order valence-corrected chi connectivity index (χ1v) is 5.40. The van der Waals surface area contributed by atoms with E-state index in [-0.39, 0.29) is 12.5 Å². The number of hydrogen-bond donors (Lipinski definition) is 2. The number of aryl methyl sites for hydroxylation is 2. The van der Waals surface area contributed by atoms with Gasteiger partial charge in [-0.2, -0.15) is 5.10 Å². The Hall–Kier alpha value is -1.52. The van der Waals surface area contributed by atoms with E-state index < -0.39 is 5.97 Å².